The van der Waals surface area contributed by atoms with E-state index >= 15 is 0 Å². The van der Waals surface area contributed by atoms with Crippen molar-refractivity contribution in [2.75, 3.05) is 26.7 Å². The zero-order chi connectivity index (χ0) is 27.4. The smallest absolute Gasteiger partial charge is 0.254 e. The third-order valence-corrected chi connectivity index (χ3v) is 9.30. The number of aryl methyl sites for hydroxylation is 1. The van der Waals surface area contributed by atoms with Crippen LogP contribution in [0, 0.1) is 12.8 Å². The second-order valence-electron chi connectivity index (χ2n) is 10.1. The number of aliphatic hydroxyl groups excluding tert-OH is 1. The largest absolute Gasteiger partial charge is 0.394 e. The Hall–Kier alpha value is -3.04. The van der Waals surface area contributed by atoms with Gasteiger partial charge in [0.2, 0.25) is 10.0 Å². The molecule has 0 saturated heterocycles. The van der Waals surface area contributed by atoms with Crippen molar-refractivity contribution in [3.63, 3.8) is 0 Å². The first-order valence-electron chi connectivity index (χ1n) is 12.9. The van der Waals surface area contributed by atoms with E-state index in [2.05, 4.69) is 0 Å². The zero-order valence-corrected chi connectivity index (χ0v) is 23.2. The van der Waals surface area contributed by atoms with Gasteiger partial charge in [-0.15, -0.1) is 0 Å². The van der Waals surface area contributed by atoms with Crippen LogP contribution < -0.4 is 0 Å². The molecule has 0 fully saturated rings. The Balaban J connectivity index is 1.74. The van der Waals surface area contributed by atoms with Crippen molar-refractivity contribution in [3.8, 4) is 11.1 Å². The fourth-order valence-electron chi connectivity index (χ4n) is 4.92. The number of hydrogen-bond acceptors (Lipinski definition) is 5. The predicted molar refractivity (Wildman–Crippen MR) is 148 cm³/mol. The van der Waals surface area contributed by atoms with Gasteiger partial charge in [0.1, 0.15) is 0 Å². The van der Waals surface area contributed by atoms with Crippen molar-refractivity contribution < 1.29 is 23.1 Å². The van der Waals surface area contributed by atoms with Crippen LogP contribution in [0.15, 0.2) is 77.7 Å². The molecule has 202 valence electrons. The first kappa shape index (κ1) is 28.0. The number of nitrogens with zero attached hydrogens (tertiary/aromatic N) is 2. The molecular formula is C30H36N2O5S. The molecule has 3 atom stereocenters. The normalized spacial score (nSPS) is 19.4. The molecule has 0 aromatic heterocycles. The lowest BCUT2D eigenvalue weighted by Gasteiger charge is -2.35. The predicted octanol–water partition coefficient (Wildman–Crippen LogP) is 4.34. The van der Waals surface area contributed by atoms with Gasteiger partial charge in [0.15, 0.2) is 0 Å². The average Bonchev–Trinajstić information content (AvgIpc) is 2.94. The molecular weight excluding hydrogens is 500 g/mol. The molecule has 1 aliphatic rings. The van der Waals surface area contributed by atoms with Gasteiger partial charge in [-0.05, 0) is 48.2 Å². The number of aliphatic hydroxyl groups is 1. The number of hydrogen-bond donors (Lipinski definition) is 1. The molecule has 1 N–H and O–H groups in total. The van der Waals surface area contributed by atoms with E-state index in [1.807, 2.05) is 68.4 Å². The van der Waals surface area contributed by atoms with Crippen LogP contribution >= 0.6 is 0 Å². The van der Waals surface area contributed by atoms with Crippen molar-refractivity contribution >= 4 is 15.9 Å². The summed E-state index contributed by atoms with van der Waals surface area (Å²) < 4.78 is 34.7. The molecule has 1 heterocycles. The van der Waals surface area contributed by atoms with Crippen LogP contribution in [0.3, 0.4) is 0 Å². The first-order valence-corrected chi connectivity index (χ1v) is 14.3. The number of rotatable bonds is 6. The van der Waals surface area contributed by atoms with Gasteiger partial charge in [-0.3, -0.25) is 4.79 Å². The van der Waals surface area contributed by atoms with Crippen LogP contribution in [0.1, 0.15) is 35.3 Å². The Bertz CT molecular complexity index is 1390. The SMILES string of the molecule is Cc1ccccc1S(=O)(=O)N(C)C[C@H]1OCc2ccccc2-c2ccccc2C(=O)N([C@H](C)CO)C[C@@H]1C. The minimum atomic E-state index is -3.75. The Morgan fingerprint density at radius 1 is 1.00 bits per heavy atom. The summed E-state index contributed by atoms with van der Waals surface area (Å²) in [6.07, 6.45) is -0.505. The third kappa shape index (κ3) is 5.68. The third-order valence-electron chi connectivity index (χ3n) is 7.31. The van der Waals surface area contributed by atoms with Gasteiger partial charge in [-0.25, -0.2) is 8.42 Å². The molecule has 1 aliphatic heterocycles. The van der Waals surface area contributed by atoms with E-state index in [0.717, 1.165) is 16.7 Å². The number of ether oxygens (including phenoxy) is 1. The molecule has 8 heteroatoms. The number of amides is 1. The average molecular weight is 537 g/mol. The highest BCUT2D eigenvalue weighted by Crippen LogP contribution is 2.31. The lowest BCUT2D eigenvalue weighted by atomic mass is 9.94. The Morgan fingerprint density at radius 2 is 1.61 bits per heavy atom. The summed E-state index contributed by atoms with van der Waals surface area (Å²) in [5, 5.41) is 10.00. The van der Waals surface area contributed by atoms with Crippen LogP contribution in [0.25, 0.3) is 11.1 Å². The van der Waals surface area contributed by atoms with Crippen LogP contribution in [-0.2, 0) is 21.4 Å². The summed E-state index contributed by atoms with van der Waals surface area (Å²) in [6, 6.07) is 21.8. The molecule has 38 heavy (non-hydrogen) atoms. The summed E-state index contributed by atoms with van der Waals surface area (Å²) in [4.78, 5) is 15.8. The molecule has 0 saturated carbocycles. The van der Waals surface area contributed by atoms with Gasteiger partial charge in [0.05, 0.1) is 30.3 Å². The summed E-state index contributed by atoms with van der Waals surface area (Å²) in [6.45, 7) is 6.04. The highest BCUT2D eigenvalue weighted by atomic mass is 32.2. The minimum Gasteiger partial charge on any atom is -0.394 e. The van der Waals surface area contributed by atoms with Crippen molar-refractivity contribution in [3.05, 3.63) is 89.5 Å². The number of fused-ring (bicyclic) bond motifs is 3. The van der Waals surface area contributed by atoms with Gasteiger partial charge in [0, 0.05) is 31.6 Å². The number of likely N-dealkylation sites (N-methyl/N-ethyl adjacent to an activating group) is 1. The van der Waals surface area contributed by atoms with Gasteiger partial charge in [0.25, 0.3) is 5.91 Å². The highest BCUT2D eigenvalue weighted by Gasteiger charge is 2.33. The first-order chi connectivity index (χ1) is 18.1. The van der Waals surface area contributed by atoms with Gasteiger partial charge < -0.3 is 14.7 Å². The molecule has 0 aliphatic carbocycles. The lowest BCUT2D eigenvalue weighted by Crippen LogP contribution is -2.47. The van der Waals surface area contributed by atoms with Gasteiger partial charge >= 0.3 is 0 Å². The van der Waals surface area contributed by atoms with E-state index in [-0.39, 0.29) is 36.5 Å². The summed E-state index contributed by atoms with van der Waals surface area (Å²) in [7, 11) is -2.19. The number of sulfonamides is 1. The van der Waals surface area contributed by atoms with Crippen LogP contribution in [0.4, 0.5) is 0 Å². The number of benzene rings is 3. The Kier molecular flexibility index (Phi) is 8.67. The fraction of sp³-hybridized carbons (Fsp3) is 0.367. The van der Waals surface area contributed by atoms with Gasteiger partial charge in [-0.1, -0.05) is 67.6 Å². The molecule has 0 bridgehead atoms. The number of carbonyl (C=O) groups is 1. The lowest BCUT2D eigenvalue weighted by molar-refractivity contribution is -0.0146. The van der Waals surface area contributed by atoms with Gasteiger partial charge in [-0.2, -0.15) is 4.31 Å². The maximum absolute atomic E-state index is 13.9. The Labute approximate surface area is 225 Å². The number of carbonyl (C=O) groups excluding carboxylic acids is 1. The van der Waals surface area contributed by atoms with Crippen molar-refractivity contribution in [1.82, 2.24) is 9.21 Å². The van der Waals surface area contributed by atoms with Crippen molar-refractivity contribution in [1.29, 1.82) is 0 Å². The minimum absolute atomic E-state index is 0.114. The highest BCUT2D eigenvalue weighted by molar-refractivity contribution is 7.89. The van der Waals surface area contributed by atoms with E-state index in [1.165, 1.54) is 4.31 Å². The second-order valence-corrected chi connectivity index (χ2v) is 12.1. The quantitative estimate of drug-likeness (QED) is 0.507. The van der Waals surface area contributed by atoms with E-state index in [1.54, 1.807) is 37.1 Å². The summed E-state index contributed by atoms with van der Waals surface area (Å²) in [5.41, 5.74) is 3.85. The molecule has 4 rings (SSSR count). The van der Waals surface area contributed by atoms with Crippen molar-refractivity contribution in [2.45, 2.75) is 44.4 Å². The van der Waals surface area contributed by atoms with E-state index in [9.17, 15) is 18.3 Å². The molecule has 0 radical (unpaired) electrons. The monoisotopic (exact) mass is 536 g/mol. The Morgan fingerprint density at radius 3 is 2.29 bits per heavy atom. The molecule has 0 spiro atoms. The van der Waals surface area contributed by atoms with Crippen LogP contribution in [0.2, 0.25) is 0 Å². The zero-order valence-electron chi connectivity index (χ0n) is 22.4. The van der Waals surface area contributed by atoms with Crippen LogP contribution in [-0.4, -0.2) is 67.5 Å². The fourth-order valence-corrected chi connectivity index (χ4v) is 6.32. The molecule has 3 aromatic carbocycles. The summed E-state index contributed by atoms with van der Waals surface area (Å²) >= 11 is 0. The van der Waals surface area contributed by atoms with Crippen molar-refractivity contribution in [2.24, 2.45) is 5.92 Å². The van der Waals surface area contributed by atoms with E-state index in [0.29, 0.717) is 17.7 Å². The molecule has 0 unspecified atom stereocenters. The van der Waals surface area contributed by atoms with Crippen LogP contribution in [0.5, 0.6) is 0 Å². The second kappa shape index (κ2) is 11.8. The molecule has 3 aromatic rings. The molecule has 7 nitrogen and oxygen atoms in total. The maximum Gasteiger partial charge on any atom is 0.254 e. The van der Waals surface area contributed by atoms with E-state index in [4.69, 9.17) is 4.74 Å². The van der Waals surface area contributed by atoms with E-state index < -0.39 is 22.2 Å². The standard InChI is InChI=1S/C30H36N2O5S/c1-21-11-5-10-16-29(21)38(35,36)31(4)18-28-22(2)17-32(23(3)19-33)30(34)27-15-9-8-14-26(27)25-13-7-6-12-24(25)20-37-28/h5-16,22-23,28,33H,17-20H2,1-4H3/t22-,23+,28+/m0/s1. The molecule has 1 amide bonds. The summed E-state index contributed by atoms with van der Waals surface area (Å²) in [5.74, 6) is -0.398. The maximum atomic E-state index is 13.9. The topological polar surface area (TPSA) is 87.2 Å².